The quantitative estimate of drug-likeness (QED) is 0.310. The largest absolute Gasteiger partial charge is 0.211 e. The molecule has 0 amide bonds. The summed E-state index contributed by atoms with van der Waals surface area (Å²) in [6.07, 6.45) is 3.57. The second-order valence-electron chi connectivity index (χ2n) is 1.17. The van der Waals surface area contributed by atoms with Gasteiger partial charge in [-0.2, -0.15) is 0 Å². The zero-order chi connectivity index (χ0) is 5.98. The van der Waals surface area contributed by atoms with Gasteiger partial charge < -0.3 is 0 Å². The van der Waals surface area contributed by atoms with Crippen LogP contribution in [0.3, 0.4) is 0 Å². The third kappa shape index (κ3) is 1.34. The highest BCUT2D eigenvalue weighted by atomic mass is 35.5. The van der Waals surface area contributed by atoms with Crippen LogP contribution in [0.2, 0.25) is 0 Å². The van der Waals surface area contributed by atoms with E-state index in [9.17, 15) is 0 Å². The Morgan fingerprint density at radius 3 is 2.75 bits per heavy atom. The number of nitrogens with zero attached hydrogens (tertiary/aromatic N) is 1. The van der Waals surface area contributed by atoms with Gasteiger partial charge in [0.2, 0.25) is 0 Å². The molecule has 0 N–H and O–H groups in total. The topological polar surface area (TPSA) is 3.24 Å². The molecule has 0 unspecified atom stereocenters. The molecular formula is C4H3Cl2NS. The van der Waals surface area contributed by atoms with Crippen molar-refractivity contribution < 1.29 is 0 Å². The molecule has 1 nitrogen and oxygen atoms in total. The van der Waals surface area contributed by atoms with E-state index in [1.54, 1.807) is 6.08 Å². The molecule has 44 valence electrons. The fraction of sp³-hybridized carbons (Fsp3) is 0. The summed E-state index contributed by atoms with van der Waals surface area (Å²) in [6, 6.07) is 0. The highest BCUT2D eigenvalue weighted by molar-refractivity contribution is 8.00. The summed E-state index contributed by atoms with van der Waals surface area (Å²) >= 11 is 12.4. The van der Waals surface area contributed by atoms with Gasteiger partial charge in [0.1, 0.15) is 5.16 Å². The van der Waals surface area contributed by atoms with Crippen LogP contribution in [0, 0.1) is 0 Å². The van der Waals surface area contributed by atoms with Crippen LogP contribution in [0.4, 0.5) is 0 Å². The number of hydrogen-bond donors (Lipinski definition) is 0. The summed E-state index contributed by atoms with van der Waals surface area (Å²) in [4.78, 5) is 0. The van der Waals surface area contributed by atoms with Crippen molar-refractivity contribution in [1.29, 1.82) is 0 Å². The first-order chi connectivity index (χ1) is 3.80. The molecule has 0 atom stereocenters. The second-order valence-corrected chi connectivity index (χ2v) is 2.94. The van der Waals surface area contributed by atoms with Crippen molar-refractivity contribution in [3.05, 3.63) is 22.7 Å². The van der Waals surface area contributed by atoms with Crippen LogP contribution in [-0.2, 0) is 0 Å². The van der Waals surface area contributed by atoms with Crippen LogP contribution >= 0.6 is 35.3 Å². The van der Waals surface area contributed by atoms with Crippen LogP contribution < -0.4 is 0 Å². The van der Waals surface area contributed by atoms with E-state index in [0.29, 0.717) is 5.16 Å². The molecule has 0 radical (unpaired) electrons. The molecule has 0 aromatic heterocycles. The van der Waals surface area contributed by atoms with E-state index in [0.717, 1.165) is 0 Å². The van der Waals surface area contributed by atoms with Gasteiger partial charge in [-0.3, -0.25) is 0 Å². The van der Waals surface area contributed by atoms with Crippen molar-refractivity contribution in [1.82, 2.24) is 3.82 Å². The first kappa shape index (κ1) is 6.33. The van der Waals surface area contributed by atoms with Crippen molar-refractivity contribution in [2.75, 3.05) is 0 Å². The fourth-order valence-corrected chi connectivity index (χ4v) is 1.12. The van der Waals surface area contributed by atoms with Gasteiger partial charge in [-0.05, 0) is 23.4 Å². The Morgan fingerprint density at radius 2 is 2.38 bits per heavy atom. The Bertz CT molecular complexity index is 143. The van der Waals surface area contributed by atoms with Gasteiger partial charge in [0.05, 0.1) is 0 Å². The van der Waals surface area contributed by atoms with Crippen LogP contribution in [0.15, 0.2) is 22.7 Å². The van der Waals surface area contributed by atoms with Gasteiger partial charge in [0.15, 0.2) is 0 Å². The zero-order valence-electron chi connectivity index (χ0n) is 3.84. The van der Waals surface area contributed by atoms with Crippen molar-refractivity contribution >= 4 is 35.3 Å². The lowest BCUT2D eigenvalue weighted by Crippen LogP contribution is -1.95. The van der Waals surface area contributed by atoms with Crippen LogP contribution in [0.5, 0.6) is 0 Å². The molecule has 1 aliphatic rings. The van der Waals surface area contributed by atoms with Crippen molar-refractivity contribution in [2.45, 2.75) is 0 Å². The lowest BCUT2D eigenvalue weighted by atomic mass is 10.6. The summed E-state index contributed by atoms with van der Waals surface area (Å²) < 4.78 is 1.36. The number of rotatable bonds is 0. The Morgan fingerprint density at radius 1 is 1.62 bits per heavy atom. The van der Waals surface area contributed by atoms with Crippen LogP contribution in [-0.4, -0.2) is 3.82 Å². The van der Waals surface area contributed by atoms with Gasteiger partial charge >= 0.3 is 0 Å². The second kappa shape index (κ2) is 2.67. The first-order valence-corrected chi connectivity index (χ1v) is 3.51. The molecule has 0 saturated carbocycles. The normalized spacial score (nSPS) is 18.8. The maximum Gasteiger partial charge on any atom is 0.131 e. The third-order valence-electron chi connectivity index (χ3n) is 0.634. The molecule has 0 aromatic carbocycles. The van der Waals surface area contributed by atoms with Crippen LogP contribution in [0.25, 0.3) is 0 Å². The summed E-state index contributed by atoms with van der Waals surface area (Å²) in [5, 5.41) is 2.39. The SMILES string of the molecule is ClC1=CC=CSN1Cl. The van der Waals surface area contributed by atoms with Gasteiger partial charge in [0.25, 0.3) is 0 Å². The van der Waals surface area contributed by atoms with Gasteiger partial charge in [-0.25, -0.2) is 3.82 Å². The van der Waals surface area contributed by atoms with E-state index in [-0.39, 0.29) is 0 Å². The van der Waals surface area contributed by atoms with Crippen LogP contribution in [0.1, 0.15) is 0 Å². The molecule has 0 aromatic rings. The van der Waals surface area contributed by atoms with Crippen molar-refractivity contribution in [2.24, 2.45) is 0 Å². The molecule has 0 spiro atoms. The average molecular weight is 168 g/mol. The molecule has 0 aliphatic carbocycles. The lowest BCUT2D eigenvalue weighted by molar-refractivity contribution is 0.986. The van der Waals surface area contributed by atoms with E-state index >= 15 is 0 Å². The van der Waals surface area contributed by atoms with E-state index in [2.05, 4.69) is 0 Å². The average Bonchev–Trinajstić information content (AvgIpc) is 1.77. The predicted molar refractivity (Wildman–Crippen MR) is 38.4 cm³/mol. The number of allylic oxidation sites excluding steroid dienone is 2. The molecule has 1 heterocycles. The summed E-state index contributed by atoms with van der Waals surface area (Å²) in [6.45, 7) is 0. The smallest absolute Gasteiger partial charge is 0.131 e. The lowest BCUT2D eigenvalue weighted by Gasteiger charge is -2.11. The molecule has 4 heteroatoms. The Balaban J connectivity index is 2.66. The monoisotopic (exact) mass is 167 g/mol. The minimum absolute atomic E-state index is 0.541. The van der Waals surface area contributed by atoms with Gasteiger partial charge in [-0.1, -0.05) is 17.7 Å². The zero-order valence-corrected chi connectivity index (χ0v) is 6.17. The summed E-state index contributed by atoms with van der Waals surface area (Å²) in [7, 11) is 0. The standard InChI is InChI=1S/C4H3Cl2NS/c5-4-2-1-3-8-7(4)6/h1-3H. The van der Waals surface area contributed by atoms with E-state index in [4.69, 9.17) is 23.4 Å². The first-order valence-electron chi connectivity index (χ1n) is 1.96. The van der Waals surface area contributed by atoms with Crippen molar-refractivity contribution in [3.8, 4) is 0 Å². The van der Waals surface area contributed by atoms with Gasteiger partial charge in [0, 0.05) is 11.8 Å². The number of halogens is 2. The molecule has 0 saturated heterocycles. The molecular weight excluding hydrogens is 165 g/mol. The minimum Gasteiger partial charge on any atom is -0.211 e. The number of hydrogen-bond acceptors (Lipinski definition) is 2. The van der Waals surface area contributed by atoms with E-state index in [1.807, 2.05) is 11.5 Å². The summed E-state index contributed by atoms with van der Waals surface area (Å²) in [5.41, 5.74) is 0. The van der Waals surface area contributed by atoms with Crippen molar-refractivity contribution in [3.63, 3.8) is 0 Å². The molecule has 1 aliphatic heterocycles. The summed E-state index contributed by atoms with van der Waals surface area (Å²) in [5.74, 6) is 0. The molecule has 0 fully saturated rings. The maximum atomic E-state index is 5.55. The molecule has 0 bridgehead atoms. The highest BCUT2D eigenvalue weighted by Gasteiger charge is 2.03. The predicted octanol–water partition coefficient (Wildman–Crippen LogP) is 2.70. The Hall–Kier alpha value is 0.210. The maximum absolute atomic E-state index is 5.55. The Kier molecular flexibility index (Phi) is 2.11. The minimum atomic E-state index is 0.541. The van der Waals surface area contributed by atoms with E-state index in [1.165, 1.54) is 15.8 Å². The third-order valence-corrected chi connectivity index (χ3v) is 2.20. The fourth-order valence-electron chi connectivity index (χ4n) is 0.316. The van der Waals surface area contributed by atoms with E-state index < -0.39 is 0 Å². The molecule has 8 heavy (non-hydrogen) atoms. The van der Waals surface area contributed by atoms with Gasteiger partial charge in [-0.15, -0.1) is 0 Å². The Labute approximate surface area is 62.2 Å². The highest BCUT2D eigenvalue weighted by Crippen LogP contribution is 2.27. The molecule has 1 rings (SSSR count).